The number of rotatable bonds is 5. The monoisotopic (exact) mass is 215 g/mol. The number of nitrogens with zero attached hydrogens (tertiary/aromatic N) is 1. The fraction of sp³-hybridized carbons (Fsp3) is 0.917. The maximum Gasteiger partial charge on any atom is 0.248 e. The van der Waals surface area contributed by atoms with E-state index < -0.39 is 0 Å². The van der Waals surface area contributed by atoms with E-state index in [4.69, 9.17) is 4.74 Å². The lowest BCUT2D eigenvalue weighted by Crippen LogP contribution is -2.34. The van der Waals surface area contributed by atoms with E-state index in [0.29, 0.717) is 5.92 Å². The molecule has 0 aliphatic heterocycles. The molecule has 3 heteroatoms. The van der Waals surface area contributed by atoms with Gasteiger partial charge >= 0.3 is 0 Å². The minimum Gasteiger partial charge on any atom is -0.366 e. The lowest BCUT2D eigenvalue weighted by atomic mass is 10.1. The molecule has 0 fully saturated rings. The van der Waals surface area contributed by atoms with Crippen molar-refractivity contribution < 1.29 is 9.53 Å². The highest BCUT2D eigenvalue weighted by Gasteiger charge is 2.15. The molecule has 0 atom stereocenters. The molecule has 0 saturated carbocycles. The lowest BCUT2D eigenvalue weighted by molar-refractivity contribution is -0.139. The topological polar surface area (TPSA) is 29.5 Å². The van der Waals surface area contributed by atoms with Crippen molar-refractivity contribution in [1.29, 1.82) is 0 Å². The van der Waals surface area contributed by atoms with Crippen LogP contribution in [0.5, 0.6) is 0 Å². The van der Waals surface area contributed by atoms with Crippen molar-refractivity contribution in [1.82, 2.24) is 4.90 Å². The van der Waals surface area contributed by atoms with Crippen LogP contribution in [-0.2, 0) is 9.53 Å². The smallest absolute Gasteiger partial charge is 0.248 e. The molecule has 0 aromatic carbocycles. The second-order valence-corrected chi connectivity index (χ2v) is 5.40. The quantitative estimate of drug-likeness (QED) is 0.704. The SMILES string of the molecule is CC(C)CCN(C)C(=O)COC(C)(C)C. The van der Waals surface area contributed by atoms with E-state index in [0.717, 1.165) is 13.0 Å². The molecule has 0 N–H and O–H groups in total. The predicted molar refractivity (Wildman–Crippen MR) is 62.8 cm³/mol. The molecule has 1 amide bonds. The second kappa shape index (κ2) is 6.11. The number of ether oxygens (including phenoxy) is 1. The first-order valence-corrected chi connectivity index (χ1v) is 5.60. The highest BCUT2D eigenvalue weighted by atomic mass is 16.5. The van der Waals surface area contributed by atoms with Crippen molar-refractivity contribution in [3.63, 3.8) is 0 Å². The maximum atomic E-state index is 11.6. The predicted octanol–water partition coefficient (Wildman–Crippen LogP) is 2.31. The van der Waals surface area contributed by atoms with E-state index >= 15 is 0 Å². The Morgan fingerprint density at radius 3 is 2.27 bits per heavy atom. The van der Waals surface area contributed by atoms with Crippen LogP contribution in [0.25, 0.3) is 0 Å². The van der Waals surface area contributed by atoms with Crippen molar-refractivity contribution in [2.75, 3.05) is 20.2 Å². The van der Waals surface area contributed by atoms with Crippen LogP contribution in [0.4, 0.5) is 0 Å². The summed E-state index contributed by atoms with van der Waals surface area (Å²) in [6.07, 6.45) is 1.04. The summed E-state index contributed by atoms with van der Waals surface area (Å²) in [4.78, 5) is 13.3. The van der Waals surface area contributed by atoms with Gasteiger partial charge in [0.05, 0.1) is 5.60 Å². The average molecular weight is 215 g/mol. The molecular weight excluding hydrogens is 190 g/mol. The minimum absolute atomic E-state index is 0.0607. The van der Waals surface area contributed by atoms with E-state index in [1.165, 1.54) is 0 Å². The molecule has 0 radical (unpaired) electrons. The fourth-order valence-electron chi connectivity index (χ4n) is 0.965. The van der Waals surface area contributed by atoms with Gasteiger partial charge in [0.1, 0.15) is 6.61 Å². The third-order valence-corrected chi connectivity index (χ3v) is 2.10. The van der Waals surface area contributed by atoms with Gasteiger partial charge in [-0.3, -0.25) is 4.79 Å². The van der Waals surface area contributed by atoms with Gasteiger partial charge in [-0.15, -0.1) is 0 Å². The first-order chi connectivity index (χ1) is 6.72. The highest BCUT2D eigenvalue weighted by Crippen LogP contribution is 2.07. The standard InChI is InChI=1S/C12H25NO2/c1-10(2)7-8-13(6)11(14)9-15-12(3,4)5/h10H,7-9H2,1-6H3. The average Bonchev–Trinajstić information content (AvgIpc) is 2.08. The Kier molecular flexibility index (Phi) is 5.88. The normalized spacial score (nSPS) is 11.9. The van der Waals surface area contributed by atoms with Crippen LogP contribution in [0.3, 0.4) is 0 Å². The number of hydrogen-bond acceptors (Lipinski definition) is 2. The van der Waals surface area contributed by atoms with E-state index in [1.54, 1.807) is 4.90 Å². The Morgan fingerprint density at radius 1 is 1.33 bits per heavy atom. The van der Waals surface area contributed by atoms with Gasteiger partial charge in [0, 0.05) is 13.6 Å². The molecule has 0 spiro atoms. The Bertz CT molecular complexity index is 194. The van der Waals surface area contributed by atoms with Crippen molar-refractivity contribution >= 4 is 5.91 Å². The number of carbonyl (C=O) groups excluding carboxylic acids is 1. The third-order valence-electron chi connectivity index (χ3n) is 2.10. The molecule has 0 saturated heterocycles. The van der Waals surface area contributed by atoms with Crippen molar-refractivity contribution in [3.8, 4) is 0 Å². The van der Waals surface area contributed by atoms with Crippen LogP contribution >= 0.6 is 0 Å². The van der Waals surface area contributed by atoms with Gasteiger partial charge in [-0.25, -0.2) is 0 Å². The lowest BCUT2D eigenvalue weighted by Gasteiger charge is -2.23. The van der Waals surface area contributed by atoms with Crippen molar-refractivity contribution in [3.05, 3.63) is 0 Å². The van der Waals surface area contributed by atoms with E-state index in [9.17, 15) is 4.79 Å². The molecule has 0 aromatic heterocycles. The van der Waals surface area contributed by atoms with Gasteiger partial charge in [-0.2, -0.15) is 0 Å². The zero-order valence-corrected chi connectivity index (χ0v) is 11.0. The molecule has 0 aliphatic rings. The van der Waals surface area contributed by atoms with Crippen LogP contribution in [0.1, 0.15) is 41.0 Å². The van der Waals surface area contributed by atoms with Gasteiger partial charge < -0.3 is 9.64 Å². The van der Waals surface area contributed by atoms with E-state index in [1.807, 2.05) is 27.8 Å². The summed E-state index contributed by atoms with van der Waals surface area (Å²) in [5.41, 5.74) is -0.242. The van der Waals surface area contributed by atoms with Crippen LogP contribution in [0.15, 0.2) is 0 Å². The number of hydrogen-bond donors (Lipinski definition) is 0. The minimum atomic E-state index is -0.242. The third kappa shape index (κ3) is 8.43. The van der Waals surface area contributed by atoms with Gasteiger partial charge in [0.15, 0.2) is 0 Å². The van der Waals surface area contributed by atoms with Gasteiger partial charge in [-0.1, -0.05) is 13.8 Å². The Hall–Kier alpha value is -0.570. The highest BCUT2D eigenvalue weighted by molar-refractivity contribution is 5.77. The number of likely N-dealkylation sites (N-methyl/N-ethyl adjacent to an activating group) is 1. The molecule has 0 rings (SSSR count). The summed E-state index contributed by atoms with van der Waals surface area (Å²) in [6.45, 7) is 11.2. The molecule has 0 unspecified atom stereocenters. The van der Waals surface area contributed by atoms with Crippen molar-refractivity contribution in [2.45, 2.75) is 46.6 Å². The van der Waals surface area contributed by atoms with Gasteiger partial charge in [0.25, 0.3) is 0 Å². The van der Waals surface area contributed by atoms with Crippen LogP contribution < -0.4 is 0 Å². The molecular formula is C12H25NO2. The van der Waals surface area contributed by atoms with E-state index in [2.05, 4.69) is 13.8 Å². The Labute approximate surface area is 93.8 Å². The van der Waals surface area contributed by atoms with E-state index in [-0.39, 0.29) is 18.1 Å². The largest absolute Gasteiger partial charge is 0.366 e. The molecule has 0 aromatic rings. The maximum absolute atomic E-state index is 11.6. The first kappa shape index (κ1) is 14.4. The molecule has 0 heterocycles. The summed E-state index contributed by atoms with van der Waals surface area (Å²) in [6, 6.07) is 0. The molecule has 90 valence electrons. The van der Waals surface area contributed by atoms with Crippen LogP contribution in [0.2, 0.25) is 0 Å². The molecule has 0 bridgehead atoms. The summed E-state index contributed by atoms with van der Waals surface area (Å²) >= 11 is 0. The summed E-state index contributed by atoms with van der Waals surface area (Å²) in [7, 11) is 1.83. The first-order valence-electron chi connectivity index (χ1n) is 5.60. The fourth-order valence-corrected chi connectivity index (χ4v) is 0.965. The van der Waals surface area contributed by atoms with Crippen LogP contribution in [0, 0.1) is 5.92 Å². The van der Waals surface area contributed by atoms with Gasteiger partial charge in [-0.05, 0) is 33.1 Å². The van der Waals surface area contributed by atoms with Gasteiger partial charge in [0.2, 0.25) is 5.91 Å². The number of amides is 1. The van der Waals surface area contributed by atoms with Crippen LogP contribution in [-0.4, -0.2) is 36.6 Å². The number of carbonyl (C=O) groups is 1. The zero-order chi connectivity index (χ0) is 12.1. The summed E-state index contributed by atoms with van der Waals surface area (Å²) in [5, 5.41) is 0. The Morgan fingerprint density at radius 2 is 1.87 bits per heavy atom. The van der Waals surface area contributed by atoms with Crippen molar-refractivity contribution in [2.24, 2.45) is 5.92 Å². The zero-order valence-electron chi connectivity index (χ0n) is 11.0. The summed E-state index contributed by atoms with van der Waals surface area (Å²) < 4.78 is 5.43. The second-order valence-electron chi connectivity index (χ2n) is 5.40. The molecule has 0 aliphatic carbocycles. The summed E-state index contributed by atoms with van der Waals surface area (Å²) in [5.74, 6) is 0.689. The molecule has 3 nitrogen and oxygen atoms in total. The molecule has 15 heavy (non-hydrogen) atoms. The Balaban J connectivity index is 3.80.